The van der Waals surface area contributed by atoms with E-state index in [9.17, 15) is 5.11 Å². The molecule has 1 aromatic carbocycles. The van der Waals surface area contributed by atoms with E-state index in [4.69, 9.17) is 15.0 Å². The van der Waals surface area contributed by atoms with Gasteiger partial charge in [-0.2, -0.15) is 0 Å². The van der Waals surface area contributed by atoms with E-state index in [2.05, 4.69) is 20.8 Å². The zero-order valence-corrected chi connectivity index (χ0v) is 9.98. The van der Waals surface area contributed by atoms with Crippen molar-refractivity contribution in [3.8, 4) is 5.75 Å². The summed E-state index contributed by atoms with van der Waals surface area (Å²) in [5.74, 6) is 0.405. The minimum Gasteiger partial charge on any atom is -0.508 e. The Hall–Kier alpha value is -1.71. The molecule has 16 heavy (non-hydrogen) atoms. The summed E-state index contributed by atoms with van der Waals surface area (Å²) < 4.78 is 0. The molecule has 0 spiro atoms. The third kappa shape index (κ3) is 5.24. The molecule has 0 saturated carbocycles. The van der Waals surface area contributed by atoms with E-state index < -0.39 is 6.16 Å². The Bertz CT molecular complexity index is 360. The van der Waals surface area contributed by atoms with Gasteiger partial charge in [-0.15, -0.1) is 0 Å². The van der Waals surface area contributed by atoms with Gasteiger partial charge in [0.15, 0.2) is 0 Å². The number of phenolic OH excluding ortho intramolecular Hbond substituents is 1. The maximum atomic E-state index is 9.63. The van der Waals surface area contributed by atoms with Gasteiger partial charge in [0.25, 0.3) is 0 Å². The summed E-state index contributed by atoms with van der Waals surface area (Å²) in [6, 6.07) is 5.82. The van der Waals surface area contributed by atoms with E-state index >= 15 is 0 Å². The zero-order chi connectivity index (χ0) is 12.9. The normalized spacial score (nSPS) is 10.2. The molecule has 4 heteroatoms. The number of hydrogen-bond donors (Lipinski definition) is 3. The molecule has 0 aromatic heterocycles. The van der Waals surface area contributed by atoms with Crippen molar-refractivity contribution in [1.82, 2.24) is 0 Å². The highest BCUT2D eigenvalue weighted by Gasteiger charge is 2.17. The second-order valence-electron chi connectivity index (χ2n) is 4.55. The van der Waals surface area contributed by atoms with Crippen LogP contribution in [0.25, 0.3) is 0 Å². The minimum atomic E-state index is -1.83. The van der Waals surface area contributed by atoms with Gasteiger partial charge in [-0.1, -0.05) is 32.9 Å². The summed E-state index contributed by atoms with van der Waals surface area (Å²) in [4.78, 5) is 8.56. The number of rotatable bonds is 0. The van der Waals surface area contributed by atoms with Gasteiger partial charge in [0.1, 0.15) is 5.75 Å². The predicted molar refractivity (Wildman–Crippen MR) is 62.2 cm³/mol. The number of phenols is 1. The van der Waals surface area contributed by atoms with Crippen molar-refractivity contribution in [2.24, 2.45) is 0 Å². The summed E-state index contributed by atoms with van der Waals surface area (Å²) in [6.07, 6.45) is -1.83. The van der Waals surface area contributed by atoms with E-state index in [-0.39, 0.29) is 5.41 Å². The molecule has 0 aliphatic heterocycles. The second kappa shape index (κ2) is 5.39. The lowest BCUT2D eigenvalue weighted by molar-refractivity contribution is 0.137. The van der Waals surface area contributed by atoms with E-state index in [1.54, 1.807) is 6.07 Å². The van der Waals surface area contributed by atoms with E-state index in [0.717, 1.165) is 11.1 Å². The van der Waals surface area contributed by atoms with Crippen molar-refractivity contribution in [3.05, 3.63) is 29.3 Å². The Balaban J connectivity index is 0.000000487. The van der Waals surface area contributed by atoms with E-state index in [1.165, 1.54) is 0 Å². The lowest BCUT2D eigenvalue weighted by atomic mass is 9.86. The Morgan fingerprint density at radius 2 is 1.62 bits per heavy atom. The average Bonchev–Trinajstić information content (AvgIpc) is 1.99. The van der Waals surface area contributed by atoms with Crippen LogP contribution >= 0.6 is 0 Å². The molecule has 3 N–H and O–H groups in total. The van der Waals surface area contributed by atoms with Gasteiger partial charge in [0.05, 0.1) is 0 Å². The van der Waals surface area contributed by atoms with Crippen LogP contribution in [0.1, 0.15) is 31.9 Å². The number of aryl methyl sites for hydroxylation is 1. The Morgan fingerprint density at radius 3 is 1.94 bits per heavy atom. The molecule has 0 aliphatic carbocycles. The SMILES string of the molecule is Cc1ccc(C(C)(C)C)c(O)c1.O=C(O)O. The Labute approximate surface area is 95.2 Å². The molecule has 0 aliphatic rings. The molecule has 0 fully saturated rings. The predicted octanol–water partition coefficient (Wildman–Crippen LogP) is 3.22. The summed E-state index contributed by atoms with van der Waals surface area (Å²) in [6.45, 7) is 8.26. The van der Waals surface area contributed by atoms with E-state index in [1.807, 2.05) is 19.1 Å². The molecule has 0 radical (unpaired) electrons. The highest BCUT2D eigenvalue weighted by molar-refractivity contribution is 5.53. The molecular weight excluding hydrogens is 208 g/mol. The number of carboxylic acid groups (broad SMARTS) is 2. The van der Waals surface area contributed by atoms with Gasteiger partial charge in [0, 0.05) is 0 Å². The quantitative estimate of drug-likeness (QED) is 0.634. The van der Waals surface area contributed by atoms with Crippen molar-refractivity contribution in [1.29, 1.82) is 0 Å². The van der Waals surface area contributed by atoms with Crippen LogP contribution in [0.2, 0.25) is 0 Å². The maximum Gasteiger partial charge on any atom is 0.503 e. The average molecular weight is 226 g/mol. The topological polar surface area (TPSA) is 77.8 Å². The molecule has 0 unspecified atom stereocenters. The first-order valence-electron chi connectivity index (χ1n) is 4.86. The van der Waals surface area contributed by atoms with Gasteiger partial charge in [0.2, 0.25) is 0 Å². The molecule has 0 atom stereocenters. The zero-order valence-electron chi connectivity index (χ0n) is 9.98. The van der Waals surface area contributed by atoms with Crippen molar-refractivity contribution in [3.63, 3.8) is 0 Å². The molecule has 4 nitrogen and oxygen atoms in total. The second-order valence-corrected chi connectivity index (χ2v) is 4.55. The summed E-state index contributed by atoms with van der Waals surface area (Å²) in [5.41, 5.74) is 2.13. The summed E-state index contributed by atoms with van der Waals surface area (Å²) >= 11 is 0. The summed E-state index contributed by atoms with van der Waals surface area (Å²) in [5, 5.41) is 23.6. The van der Waals surface area contributed by atoms with Crippen LogP contribution in [0.4, 0.5) is 4.79 Å². The van der Waals surface area contributed by atoms with Gasteiger partial charge in [-0.3, -0.25) is 0 Å². The summed E-state index contributed by atoms with van der Waals surface area (Å²) in [7, 11) is 0. The fourth-order valence-corrected chi connectivity index (χ4v) is 1.28. The van der Waals surface area contributed by atoms with Gasteiger partial charge >= 0.3 is 6.16 Å². The number of carbonyl (C=O) groups is 1. The largest absolute Gasteiger partial charge is 0.508 e. The molecule has 0 amide bonds. The molecule has 90 valence electrons. The molecule has 1 aromatic rings. The fraction of sp³-hybridized carbons (Fsp3) is 0.417. The van der Waals surface area contributed by atoms with Crippen LogP contribution in [-0.4, -0.2) is 21.5 Å². The van der Waals surface area contributed by atoms with Gasteiger partial charge in [-0.05, 0) is 29.5 Å². The lowest BCUT2D eigenvalue weighted by Gasteiger charge is -2.20. The Kier molecular flexibility index (Phi) is 4.82. The van der Waals surface area contributed by atoms with Crippen LogP contribution in [0.5, 0.6) is 5.75 Å². The van der Waals surface area contributed by atoms with Gasteiger partial charge in [-0.25, -0.2) is 4.79 Å². The van der Waals surface area contributed by atoms with Crippen molar-refractivity contribution < 1.29 is 20.1 Å². The number of hydrogen-bond acceptors (Lipinski definition) is 2. The highest BCUT2D eigenvalue weighted by atomic mass is 16.6. The first-order valence-corrected chi connectivity index (χ1v) is 4.86. The van der Waals surface area contributed by atoms with Crippen LogP contribution < -0.4 is 0 Å². The van der Waals surface area contributed by atoms with Gasteiger partial charge < -0.3 is 15.3 Å². The van der Waals surface area contributed by atoms with Crippen LogP contribution in [0.3, 0.4) is 0 Å². The first kappa shape index (κ1) is 14.3. The third-order valence-electron chi connectivity index (χ3n) is 1.96. The van der Waals surface area contributed by atoms with Crippen LogP contribution in [-0.2, 0) is 5.41 Å². The van der Waals surface area contributed by atoms with Crippen molar-refractivity contribution >= 4 is 6.16 Å². The smallest absolute Gasteiger partial charge is 0.503 e. The molecule has 0 bridgehead atoms. The number of benzene rings is 1. The standard InChI is InChI=1S/C11H16O.CH2O3/c1-8-5-6-9(10(12)7-8)11(2,3)4;2-1(3)4/h5-7,12H,1-4H3;(H2,2,3,4). The minimum absolute atomic E-state index is 0.0256. The highest BCUT2D eigenvalue weighted by Crippen LogP contribution is 2.30. The third-order valence-corrected chi connectivity index (χ3v) is 1.96. The Morgan fingerprint density at radius 1 is 1.19 bits per heavy atom. The fourth-order valence-electron chi connectivity index (χ4n) is 1.28. The first-order chi connectivity index (χ1) is 7.14. The molecule has 0 heterocycles. The lowest BCUT2D eigenvalue weighted by Crippen LogP contribution is -2.11. The maximum absolute atomic E-state index is 9.63. The van der Waals surface area contributed by atoms with Crippen molar-refractivity contribution in [2.45, 2.75) is 33.1 Å². The monoisotopic (exact) mass is 226 g/mol. The number of aromatic hydroxyl groups is 1. The molecular formula is C12H18O4. The molecule has 0 saturated heterocycles. The molecule has 1 rings (SSSR count). The van der Waals surface area contributed by atoms with Crippen molar-refractivity contribution in [2.75, 3.05) is 0 Å². The van der Waals surface area contributed by atoms with E-state index in [0.29, 0.717) is 5.75 Å². The van der Waals surface area contributed by atoms with Crippen LogP contribution in [0, 0.1) is 6.92 Å². The van der Waals surface area contributed by atoms with Crippen LogP contribution in [0.15, 0.2) is 18.2 Å².